The Morgan fingerprint density at radius 1 is 1.25 bits per heavy atom. The molecule has 0 aliphatic carbocycles. The van der Waals surface area contributed by atoms with Gasteiger partial charge in [0.1, 0.15) is 23.6 Å². The molecule has 1 aromatic carbocycles. The molecule has 4 nitrogen and oxygen atoms in total. The van der Waals surface area contributed by atoms with Crippen LogP contribution in [-0.4, -0.2) is 18.1 Å². The number of nitrogens with zero attached hydrogens (tertiary/aromatic N) is 2. The summed E-state index contributed by atoms with van der Waals surface area (Å²) < 4.78 is 6.35. The van der Waals surface area contributed by atoms with Crippen molar-refractivity contribution in [3.63, 3.8) is 0 Å². The zero-order valence-electron chi connectivity index (χ0n) is 13.5. The van der Waals surface area contributed by atoms with Crippen molar-refractivity contribution in [1.29, 1.82) is 5.26 Å². The first kappa shape index (κ1) is 16.4. The minimum atomic E-state index is -0.00616. The number of thiophene rings is 1. The Labute approximate surface area is 145 Å². The van der Waals surface area contributed by atoms with Crippen molar-refractivity contribution in [2.24, 2.45) is 0 Å². The van der Waals surface area contributed by atoms with Crippen molar-refractivity contribution < 1.29 is 4.74 Å². The van der Waals surface area contributed by atoms with E-state index in [1.54, 1.807) is 17.5 Å². The number of ether oxygens (including phenoxy) is 1. The van der Waals surface area contributed by atoms with Gasteiger partial charge in [0, 0.05) is 28.3 Å². The van der Waals surface area contributed by atoms with Crippen molar-refractivity contribution in [2.45, 2.75) is 19.4 Å². The lowest BCUT2D eigenvalue weighted by Gasteiger charge is -2.19. The first-order valence-electron chi connectivity index (χ1n) is 8.02. The quantitative estimate of drug-likeness (QED) is 0.654. The van der Waals surface area contributed by atoms with E-state index in [1.807, 2.05) is 30.3 Å². The van der Waals surface area contributed by atoms with E-state index in [9.17, 15) is 5.26 Å². The highest BCUT2D eigenvalue weighted by atomic mass is 32.1. The van der Waals surface area contributed by atoms with Crippen LogP contribution >= 0.6 is 11.3 Å². The minimum Gasteiger partial charge on any atom is -0.484 e. The molecule has 0 aliphatic rings. The highest BCUT2D eigenvalue weighted by molar-refractivity contribution is 7.10. The van der Waals surface area contributed by atoms with Crippen molar-refractivity contribution in [3.05, 3.63) is 58.5 Å². The molecule has 0 radical (unpaired) electrons. The Balaban J connectivity index is 1.92. The van der Waals surface area contributed by atoms with Crippen LogP contribution in [0.1, 0.15) is 30.0 Å². The molecule has 1 atom stereocenters. The van der Waals surface area contributed by atoms with Crippen LogP contribution in [0.3, 0.4) is 0 Å². The largest absolute Gasteiger partial charge is 0.484 e. The summed E-state index contributed by atoms with van der Waals surface area (Å²) >= 11 is 1.70. The first-order chi connectivity index (χ1) is 11.8. The van der Waals surface area contributed by atoms with E-state index in [-0.39, 0.29) is 6.10 Å². The number of aromatic nitrogens is 1. The van der Waals surface area contributed by atoms with Crippen molar-refractivity contribution in [1.82, 2.24) is 10.3 Å². The van der Waals surface area contributed by atoms with Crippen LogP contribution in [0, 0.1) is 11.3 Å². The van der Waals surface area contributed by atoms with E-state index in [0.29, 0.717) is 5.69 Å². The first-order valence-corrected chi connectivity index (χ1v) is 8.90. The normalized spacial score (nSPS) is 12.0. The maximum Gasteiger partial charge on any atom is 0.148 e. The standard InChI is InChI=1S/C19H19N3OS/c1-2-21-10-9-18(19-7-4-12-24-19)23-17-6-3-5-14-15(17)8-11-22-16(14)13-20/h3-8,11-12,18,21H,2,9-10H2,1H3. The molecule has 122 valence electrons. The fourth-order valence-electron chi connectivity index (χ4n) is 2.67. The SMILES string of the molecule is CCNCCC(Oc1cccc2c(C#N)nccc12)c1cccs1. The van der Waals surface area contributed by atoms with Gasteiger partial charge in [0.05, 0.1) is 0 Å². The number of hydrogen-bond acceptors (Lipinski definition) is 5. The molecule has 2 aromatic heterocycles. The lowest BCUT2D eigenvalue weighted by molar-refractivity contribution is 0.200. The van der Waals surface area contributed by atoms with Crippen LogP contribution < -0.4 is 10.1 Å². The van der Waals surface area contributed by atoms with E-state index in [2.05, 4.69) is 34.7 Å². The predicted octanol–water partition coefficient (Wildman–Crippen LogP) is 4.29. The molecule has 3 aromatic rings. The van der Waals surface area contributed by atoms with E-state index >= 15 is 0 Å². The second kappa shape index (κ2) is 7.91. The smallest absolute Gasteiger partial charge is 0.148 e. The highest BCUT2D eigenvalue weighted by Gasteiger charge is 2.16. The molecule has 0 fully saturated rings. The van der Waals surface area contributed by atoms with E-state index in [0.717, 1.165) is 36.0 Å². The summed E-state index contributed by atoms with van der Waals surface area (Å²) in [6.45, 7) is 3.94. The zero-order chi connectivity index (χ0) is 16.8. The van der Waals surface area contributed by atoms with Gasteiger partial charge < -0.3 is 10.1 Å². The third kappa shape index (κ3) is 3.56. The molecule has 0 aliphatic heterocycles. The molecule has 1 unspecified atom stereocenters. The number of nitrogens with one attached hydrogen (secondary N) is 1. The van der Waals surface area contributed by atoms with Gasteiger partial charge in [-0.05, 0) is 36.7 Å². The number of rotatable bonds is 7. The van der Waals surface area contributed by atoms with Gasteiger partial charge >= 0.3 is 0 Å². The third-order valence-electron chi connectivity index (χ3n) is 3.84. The Bertz CT molecular complexity index is 839. The number of pyridine rings is 1. The summed E-state index contributed by atoms with van der Waals surface area (Å²) in [4.78, 5) is 5.34. The van der Waals surface area contributed by atoms with Crippen LogP contribution in [0.4, 0.5) is 0 Å². The fraction of sp³-hybridized carbons (Fsp3) is 0.263. The number of fused-ring (bicyclic) bond motifs is 1. The molecule has 24 heavy (non-hydrogen) atoms. The summed E-state index contributed by atoms with van der Waals surface area (Å²) in [5.74, 6) is 0.793. The highest BCUT2D eigenvalue weighted by Crippen LogP contribution is 2.33. The molecule has 3 rings (SSSR count). The average Bonchev–Trinajstić information content (AvgIpc) is 3.15. The van der Waals surface area contributed by atoms with E-state index in [1.165, 1.54) is 4.88 Å². The zero-order valence-corrected chi connectivity index (χ0v) is 14.3. The van der Waals surface area contributed by atoms with E-state index in [4.69, 9.17) is 4.74 Å². The lowest BCUT2D eigenvalue weighted by Crippen LogP contribution is -2.19. The van der Waals surface area contributed by atoms with Crippen LogP contribution in [0.15, 0.2) is 48.0 Å². The lowest BCUT2D eigenvalue weighted by atomic mass is 10.1. The summed E-state index contributed by atoms with van der Waals surface area (Å²) in [6, 6.07) is 14.0. The van der Waals surface area contributed by atoms with Crippen LogP contribution in [0.5, 0.6) is 5.75 Å². The fourth-order valence-corrected chi connectivity index (χ4v) is 3.46. The molecule has 2 heterocycles. The Morgan fingerprint density at radius 3 is 2.92 bits per heavy atom. The van der Waals surface area contributed by atoms with Crippen LogP contribution in [-0.2, 0) is 0 Å². The average molecular weight is 337 g/mol. The Hall–Kier alpha value is -2.42. The van der Waals surface area contributed by atoms with Gasteiger partial charge in [-0.2, -0.15) is 5.26 Å². The molecule has 1 N–H and O–H groups in total. The summed E-state index contributed by atoms with van der Waals surface area (Å²) in [7, 11) is 0. The van der Waals surface area contributed by atoms with Gasteiger partial charge in [0.2, 0.25) is 0 Å². The molecular weight excluding hydrogens is 318 g/mol. The van der Waals surface area contributed by atoms with Gasteiger partial charge in [0.25, 0.3) is 0 Å². The summed E-state index contributed by atoms with van der Waals surface area (Å²) in [5.41, 5.74) is 0.429. The van der Waals surface area contributed by atoms with Crippen LogP contribution in [0.25, 0.3) is 10.8 Å². The Kier molecular flexibility index (Phi) is 5.42. The Morgan fingerprint density at radius 2 is 2.17 bits per heavy atom. The predicted molar refractivity (Wildman–Crippen MR) is 97.3 cm³/mol. The number of hydrogen-bond donors (Lipinski definition) is 1. The second-order valence-electron chi connectivity index (χ2n) is 5.39. The van der Waals surface area contributed by atoms with Crippen molar-refractivity contribution in [2.75, 3.05) is 13.1 Å². The number of benzene rings is 1. The molecule has 0 saturated carbocycles. The van der Waals surface area contributed by atoms with E-state index < -0.39 is 0 Å². The number of nitriles is 1. The van der Waals surface area contributed by atoms with Gasteiger partial charge in [-0.1, -0.05) is 25.1 Å². The van der Waals surface area contributed by atoms with Gasteiger partial charge in [0.15, 0.2) is 0 Å². The van der Waals surface area contributed by atoms with Gasteiger partial charge in [-0.3, -0.25) is 0 Å². The molecule has 5 heteroatoms. The molecule has 0 saturated heterocycles. The molecular formula is C19H19N3OS. The van der Waals surface area contributed by atoms with Crippen molar-refractivity contribution >= 4 is 22.1 Å². The van der Waals surface area contributed by atoms with Gasteiger partial charge in [-0.15, -0.1) is 11.3 Å². The van der Waals surface area contributed by atoms with Gasteiger partial charge in [-0.25, -0.2) is 4.98 Å². The minimum absolute atomic E-state index is 0.00616. The summed E-state index contributed by atoms with van der Waals surface area (Å²) in [6.07, 6.45) is 2.54. The maximum atomic E-state index is 9.24. The molecule has 0 spiro atoms. The molecule has 0 bridgehead atoms. The summed E-state index contributed by atoms with van der Waals surface area (Å²) in [5, 5.41) is 16.4. The third-order valence-corrected chi connectivity index (χ3v) is 4.80. The molecule has 0 amide bonds. The second-order valence-corrected chi connectivity index (χ2v) is 6.37. The monoisotopic (exact) mass is 337 g/mol. The van der Waals surface area contributed by atoms with Crippen molar-refractivity contribution in [3.8, 4) is 11.8 Å². The van der Waals surface area contributed by atoms with Crippen LogP contribution in [0.2, 0.25) is 0 Å². The maximum absolute atomic E-state index is 9.24. The topological polar surface area (TPSA) is 57.9 Å².